The normalized spacial score (nSPS) is 25.4. The van der Waals surface area contributed by atoms with Crippen LogP contribution >= 0.6 is 0 Å². The van der Waals surface area contributed by atoms with E-state index < -0.39 is 0 Å². The predicted molar refractivity (Wildman–Crippen MR) is 91.3 cm³/mol. The van der Waals surface area contributed by atoms with Crippen molar-refractivity contribution in [2.75, 3.05) is 19.8 Å². The lowest BCUT2D eigenvalue weighted by molar-refractivity contribution is -0.0450. The van der Waals surface area contributed by atoms with Crippen LogP contribution in [0.3, 0.4) is 0 Å². The number of aromatic nitrogens is 2. The van der Waals surface area contributed by atoms with Crippen molar-refractivity contribution in [1.82, 2.24) is 14.9 Å². The first-order valence-corrected chi connectivity index (χ1v) is 8.68. The van der Waals surface area contributed by atoms with Crippen LogP contribution in [0, 0.1) is 5.92 Å². The molecular formula is C19H21N3O3. The lowest BCUT2D eigenvalue weighted by Crippen LogP contribution is -2.51. The van der Waals surface area contributed by atoms with E-state index in [0.717, 1.165) is 12.8 Å². The Hall–Kier alpha value is -2.47. The number of hydrogen-bond donors (Lipinski definition) is 0. The number of carbonyl (C=O) groups excluding carboxylic acids is 1. The van der Waals surface area contributed by atoms with E-state index in [9.17, 15) is 4.79 Å². The van der Waals surface area contributed by atoms with Crippen LogP contribution in [-0.2, 0) is 4.74 Å². The highest BCUT2D eigenvalue weighted by molar-refractivity contribution is 5.92. The minimum absolute atomic E-state index is 0.00908. The lowest BCUT2D eigenvalue weighted by atomic mass is 10.1. The molecule has 4 rings (SSSR count). The van der Waals surface area contributed by atoms with Crippen molar-refractivity contribution in [2.24, 2.45) is 5.92 Å². The van der Waals surface area contributed by atoms with Gasteiger partial charge in [0.15, 0.2) is 0 Å². The van der Waals surface area contributed by atoms with Gasteiger partial charge in [0, 0.05) is 25.0 Å². The zero-order valence-corrected chi connectivity index (χ0v) is 14.0. The number of rotatable bonds is 4. The molecule has 1 saturated carbocycles. The fraction of sp³-hybridized carbons (Fsp3) is 0.421. The summed E-state index contributed by atoms with van der Waals surface area (Å²) in [5.41, 5.74) is 0.497. The third kappa shape index (κ3) is 3.49. The van der Waals surface area contributed by atoms with Crippen molar-refractivity contribution in [2.45, 2.75) is 25.0 Å². The zero-order chi connectivity index (χ0) is 17.1. The number of amides is 1. The fourth-order valence-electron chi connectivity index (χ4n) is 3.71. The maximum Gasteiger partial charge on any atom is 0.272 e. The van der Waals surface area contributed by atoms with Crippen LogP contribution in [0.5, 0.6) is 5.88 Å². The lowest BCUT2D eigenvalue weighted by Gasteiger charge is -2.37. The molecule has 2 aromatic heterocycles. The van der Waals surface area contributed by atoms with Gasteiger partial charge in [0.05, 0.1) is 25.4 Å². The highest BCUT2D eigenvalue weighted by Gasteiger charge is 2.43. The highest BCUT2D eigenvalue weighted by Crippen LogP contribution is 2.35. The Kier molecular flexibility index (Phi) is 4.61. The van der Waals surface area contributed by atoms with Crippen LogP contribution in [0.1, 0.15) is 23.3 Å². The molecule has 0 radical (unpaired) electrons. The standard InChI is InChI=1S/C19H21N3O3/c23-19(15-5-1-3-7-20-15)22-9-10-24-17-12-14(11-16(17)22)13-25-18-6-2-4-8-21-18/h1-8,14,16-17H,9-13H2. The van der Waals surface area contributed by atoms with Crippen LogP contribution in [0.15, 0.2) is 48.8 Å². The van der Waals surface area contributed by atoms with E-state index in [2.05, 4.69) is 9.97 Å². The van der Waals surface area contributed by atoms with Gasteiger partial charge in [0.1, 0.15) is 5.69 Å². The Morgan fingerprint density at radius 2 is 2.00 bits per heavy atom. The molecule has 130 valence electrons. The molecule has 2 fully saturated rings. The molecule has 3 unspecified atom stereocenters. The van der Waals surface area contributed by atoms with Crippen LogP contribution in [0.2, 0.25) is 0 Å². The Labute approximate surface area is 146 Å². The van der Waals surface area contributed by atoms with Crippen molar-refractivity contribution in [1.29, 1.82) is 0 Å². The summed E-state index contributed by atoms with van der Waals surface area (Å²) in [6.45, 7) is 1.79. The fourth-order valence-corrected chi connectivity index (χ4v) is 3.71. The third-order valence-electron chi connectivity index (χ3n) is 4.88. The summed E-state index contributed by atoms with van der Waals surface area (Å²) in [6, 6.07) is 11.2. The van der Waals surface area contributed by atoms with Gasteiger partial charge in [0.25, 0.3) is 5.91 Å². The molecule has 2 aromatic rings. The van der Waals surface area contributed by atoms with Crippen LogP contribution in [-0.4, -0.2) is 52.7 Å². The summed E-state index contributed by atoms with van der Waals surface area (Å²) in [6.07, 6.45) is 5.25. The number of morpholine rings is 1. The van der Waals surface area contributed by atoms with E-state index in [0.29, 0.717) is 37.3 Å². The largest absolute Gasteiger partial charge is 0.477 e. The van der Waals surface area contributed by atoms with Gasteiger partial charge >= 0.3 is 0 Å². The Morgan fingerprint density at radius 3 is 2.76 bits per heavy atom. The van der Waals surface area contributed by atoms with Gasteiger partial charge < -0.3 is 14.4 Å². The molecule has 1 amide bonds. The van der Waals surface area contributed by atoms with Gasteiger partial charge in [-0.3, -0.25) is 9.78 Å². The van der Waals surface area contributed by atoms with Gasteiger partial charge in [-0.2, -0.15) is 0 Å². The van der Waals surface area contributed by atoms with Crippen molar-refractivity contribution in [3.8, 4) is 5.88 Å². The number of carbonyl (C=O) groups is 1. The molecule has 2 aliphatic rings. The van der Waals surface area contributed by atoms with Crippen molar-refractivity contribution >= 4 is 5.91 Å². The predicted octanol–water partition coefficient (Wildman–Crippen LogP) is 2.18. The maximum absolute atomic E-state index is 12.8. The third-order valence-corrected chi connectivity index (χ3v) is 4.88. The van der Waals surface area contributed by atoms with Gasteiger partial charge in [-0.1, -0.05) is 12.1 Å². The van der Waals surface area contributed by atoms with Crippen LogP contribution < -0.4 is 4.74 Å². The molecule has 6 heteroatoms. The summed E-state index contributed by atoms with van der Waals surface area (Å²) < 4.78 is 11.7. The molecule has 6 nitrogen and oxygen atoms in total. The van der Waals surface area contributed by atoms with E-state index in [4.69, 9.17) is 9.47 Å². The van der Waals surface area contributed by atoms with Crippen molar-refractivity contribution in [3.05, 3.63) is 54.5 Å². The topological polar surface area (TPSA) is 64.6 Å². The smallest absolute Gasteiger partial charge is 0.272 e. The number of ether oxygens (including phenoxy) is 2. The summed E-state index contributed by atoms with van der Waals surface area (Å²) in [7, 11) is 0. The second kappa shape index (κ2) is 7.19. The second-order valence-corrected chi connectivity index (χ2v) is 6.51. The minimum Gasteiger partial charge on any atom is -0.477 e. The average Bonchev–Trinajstić information content (AvgIpc) is 3.10. The second-order valence-electron chi connectivity index (χ2n) is 6.51. The van der Waals surface area contributed by atoms with Gasteiger partial charge in [-0.25, -0.2) is 4.98 Å². The molecule has 3 heterocycles. The average molecular weight is 339 g/mol. The molecule has 3 atom stereocenters. The number of hydrogen-bond acceptors (Lipinski definition) is 5. The van der Waals surface area contributed by atoms with E-state index in [1.807, 2.05) is 35.2 Å². The monoisotopic (exact) mass is 339 g/mol. The molecule has 0 spiro atoms. The van der Waals surface area contributed by atoms with Crippen molar-refractivity contribution in [3.63, 3.8) is 0 Å². The molecule has 1 aliphatic heterocycles. The molecule has 0 aromatic carbocycles. The minimum atomic E-state index is -0.00908. The molecule has 0 bridgehead atoms. The molecule has 0 N–H and O–H groups in total. The zero-order valence-electron chi connectivity index (χ0n) is 14.0. The summed E-state index contributed by atoms with van der Waals surface area (Å²) in [4.78, 5) is 23.1. The molecule has 25 heavy (non-hydrogen) atoms. The summed E-state index contributed by atoms with van der Waals surface area (Å²) >= 11 is 0. The Balaban J connectivity index is 1.41. The van der Waals surface area contributed by atoms with Gasteiger partial charge in [-0.05, 0) is 37.0 Å². The van der Waals surface area contributed by atoms with E-state index in [-0.39, 0.29) is 18.1 Å². The SMILES string of the molecule is O=C(c1ccccn1)N1CCOC2CC(COc3ccccn3)CC21. The molecular weight excluding hydrogens is 318 g/mol. The number of fused-ring (bicyclic) bond motifs is 1. The summed E-state index contributed by atoms with van der Waals surface area (Å²) in [5, 5.41) is 0. The number of nitrogens with zero attached hydrogens (tertiary/aromatic N) is 3. The molecule has 1 saturated heterocycles. The van der Waals surface area contributed by atoms with E-state index in [1.165, 1.54) is 0 Å². The Morgan fingerprint density at radius 1 is 1.16 bits per heavy atom. The first kappa shape index (κ1) is 16.0. The summed E-state index contributed by atoms with van der Waals surface area (Å²) in [5.74, 6) is 0.985. The molecule has 1 aliphatic carbocycles. The van der Waals surface area contributed by atoms with E-state index >= 15 is 0 Å². The number of pyridine rings is 2. The van der Waals surface area contributed by atoms with Crippen LogP contribution in [0.4, 0.5) is 0 Å². The quantitative estimate of drug-likeness (QED) is 0.854. The maximum atomic E-state index is 12.8. The first-order valence-electron chi connectivity index (χ1n) is 8.68. The first-order chi connectivity index (χ1) is 12.3. The van der Waals surface area contributed by atoms with Gasteiger partial charge in [-0.15, -0.1) is 0 Å². The van der Waals surface area contributed by atoms with Crippen molar-refractivity contribution < 1.29 is 14.3 Å². The van der Waals surface area contributed by atoms with E-state index in [1.54, 1.807) is 18.5 Å². The Bertz CT molecular complexity index is 710. The van der Waals surface area contributed by atoms with Crippen LogP contribution in [0.25, 0.3) is 0 Å². The highest BCUT2D eigenvalue weighted by atomic mass is 16.5. The van der Waals surface area contributed by atoms with Gasteiger partial charge in [0.2, 0.25) is 5.88 Å².